The van der Waals surface area contributed by atoms with Crippen LogP contribution in [-0.2, 0) is 6.54 Å². The van der Waals surface area contributed by atoms with Crippen molar-refractivity contribution >= 4 is 11.7 Å². The van der Waals surface area contributed by atoms with E-state index in [1.165, 1.54) is 5.56 Å². The van der Waals surface area contributed by atoms with Gasteiger partial charge in [0.25, 0.3) is 0 Å². The molecule has 0 bridgehead atoms. The fraction of sp³-hybridized carbons (Fsp3) is 0.118. The SMILES string of the molecule is Cc1ccc(C[n+]2[cH-]/c(=N\C(=O)Nc3ccccc3)on2)cc1. The lowest BCUT2D eigenvalue weighted by atomic mass is 10.1. The molecule has 1 N–H and O–H groups in total. The highest BCUT2D eigenvalue weighted by molar-refractivity contribution is 5.89. The molecule has 2 amide bonds. The Bertz CT molecular complexity index is 848. The average molecular weight is 308 g/mol. The Balaban J connectivity index is 1.68. The van der Waals surface area contributed by atoms with E-state index in [1.54, 1.807) is 23.0 Å². The van der Waals surface area contributed by atoms with E-state index in [1.807, 2.05) is 49.4 Å². The third-order valence-electron chi connectivity index (χ3n) is 3.20. The minimum atomic E-state index is -0.505. The van der Waals surface area contributed by atoms with Crippen LogP contribution in [0, 0.1) is 6.92 Å². The van der Waals surface area contributed by atoms with Crippen LogP contribution in [0.3, 0.4) is 0 Å². The molecule has 0 saturated heterocycles. The van der Waals surface area contributed by atoms with Crippen LogP contribution in [0.2, 0.25) is 0 Å². The number of carbonyl (C=O) groups is 1. The zero-order chi connectivity index (χ0) is 16.1. The third kappa shape index (κ3) is 4.16. The maximum atomic E-state index is 11.8. The highest BCUT2D eigenvalue weighted by Crippen LogP contribution is 2.04. The molecule has 0 atom stereocenters. The summed E-state index contributed by atoms with van der Waals surface area (Å²) in [5.74, 6) is 0. The number of aryl methyl sites for hydroxylation is 1. The number of carbonyl (C=O) groups excluding carboxylic acids is 1. The number of hydrogen-bond acceptors (Lipinski definition) is 3. The molecule has 2 aromatic carbocycles. The summed E-state index contributed by atoms with van der Waals surface area (Å²) in [6.07, 6.45) is 1.59. The minimum Gasteiger partial charge on any atom is -0.321 e. The lowest BCUT2D eigenvalue weighted by molar-refractivity contribution is -0.754. The molecule has 0 fully saturated rings. The summed E-state index contributed by atoms with van der Waals surface area (Å²) < 4.78 is 6.65. The topological polar surface area (TPSA) is 71.4 Å². The third-order valence-corrected chi connectivity index (χ3v) is 3.20. The maximum absolute atomic E-state index is 11.8. The fourth-order valence-electron chi connectivity index (χ4n) is 2.05. The molecule has 6 heteroatoms. The van der Waals surface area contributed by atoms with Gasteiger partial charge in [0.05, 0.1) is 0 Å². The van der Waals surface area contributed by atoms with Crippen molar-refractivity contribution in [3.63, 3.8) is 0 Å². The van der Waals surface area contributed by atoms with Crippen molar-refractivity contribution < 1.29 is 14.0 Å². The molecule has 0 saturated carbocycles. The summed E-state index contributed by atoms with van der Waals surface area (Å²) in [6.45, 7) is 2.59. The van der Waals surface area contributed by atoms with E-state index in [2.05, 4.69) is 15.6 Å². The molecule has 0 spiro atoms. The Morgan fingerprint density at radius 3 is 2.70 bits per heavy atom. The van der Waals surface area contributed by atoms with E-state index in [9.17, 15) is 4.79 Å². The molecule has 23 heavy (non-hydrogen) atoms. The number of hydrogen-bond donors (Lipinski definition) is 1. The molecular weight excluding hydrogens is 292 g/mol. The molecule has 0 unspecified atom stereocenters. The maximum Gasteiger partial charge on any atom is 0.346 e. The summed E-state index contributed by atoms with van der Waals surface area (Å²) in [5.41, 5.74) is 3.13. The van der Waals surface area contributed by atoms with E-state index in [4.69, 9.17) is 4.52 Å². The Morgan fingerprint density at radius 2 is 1.96 bits per heavy atom. The number of para-hydroxylation sites is 1. The number of urea groups is 1. The molecular formula is C17H16N4O2. The van der Waals surface area contributed by atoms with Gasteiger partial charge in [-0.25, -0.2) is 9.48 Å². The van der Waals surface area contributed by atoms with Crippen molar-refractivity contribution in [2.24, 2.45) is 4.99 Å². The van der Waals surface area contributed by atoms with Crippen molar-refractivity contribution in [2.75, 3.05) is 5.32 Å². The van der Waals surface area contributed by atoms with Crippen LogP contribution in [-0.4, -0.2) is 11.3 Å². The van der Waals surface area contributed by atoms with Gasteiger partial charge in [-0.15, -0.1) is 0 Å². The first-order valence-corrected chi connectivity index (χ1v) is 7.19. The largest absolute Gasteiger partial charge is 0.346 e. The summed E-state index contributed by atoms with van der Waals surface area (Å²) in [6, 6.07) is 16.7. The first kappa shape index (κ1) is 14.8. The van der Waals surface area contributed by atoms with Crippen LogP contribution < -0.4 is 15.6 Å². The quantitative estimate of drug-likeness (QED) is 0.595. The molecule has 6 nitrogen and oxygen atoms in total. The molecule has 3 rings (SSSR count). The van der Waals surface area contributed by atoms with E-state index in [0.29, 0.717) is 12.2 Å². The molecule has 116 valence electrons. The Labute approximate surface area is 133 Å². The second-order valence-electron chi connectivity index (χ2n) is 5.13. The van der Waals surface area contributed by atoms with Gasteiger partial charge in [0.1, 0.15) is 0 Å². The Kier molecular flexibility index (Phi) is 4.33. The van der Waals surface area contributed by atoms with Crippen LogP contribution in [0.1, 0.15) is 11.1 Å². The summed E-state index contributed by atoms with van der Waals surface area (Å²) in [4.78, 5) is 15.6. The van der Waals surface area contributed by atoms with Crippen LogP contribution in [0.5, 0.6) is 0 Å². The molecule has 0 aliphatic heterocycles. The monoisotopic (exact) mass is 308 g/mol. The van der Waals surface area contributed by atoms with E-state index >= 15 is 0 Å². The smallest absolute Gasteiger partial charge is 0.321 e. The lowest BCUT2D eigenvalue weighted by Crippen LogP contribution is -2.36. The molecule has 0 radical (unpaired) electrons. The van der Waals surface area contributed by atoms with Crippen LogP contribution in [0.15, 0.2) is 70.3 Å². The van der Waals surface area contributed by atoms with Gasteiger partial charge in [-0.1, -0.05) is 48.0 Å². The highest BCUT2D eigenvalue weighted by atomic mass is 16.5. The lowest BCUT2D eigenvalue weighted by Gasteiger charge is -1.99. The van der Waals surface area contributed by atoms with Gasteiger partial charge in [-0.05, 0) is 25.3 Å². The number of nitrogens with one attached hydrogen (secondary N) is 1. The van der Waals surface area contributed by atoms with Crippen molar-refractivity contribution in [2.45, 2.75) is 13.5 Å². The highest BCUT2D eigenvalue weighted by Gasteiger charge is 2.02. The number of anilines is 1. The van der Waals surface area contributed by atoms with Gasteiger partial charge in [0.2, 0.25) is 0 Å². The fourth-order valence-corrected chi connectivity index (χ4v) is 2.05. The van der Waals surface area contributed by atoms with Crippen molar-refractivity contribution in [1.29, 1.82) is 0 Å². The zero-order valence-corrected chi connectivity index (χ0v) is 12.6. The average Bonchev–Trinajstić information content (AvgIpc) is 2.97. The first-order chi connectivity index (χ1) is 11.2. The van der Waals surface area contributed by atoms with Crippen LogP contribution >= 0.6 is 0 Å². The number of amides is 2. The number of benzene rings is 2. The van der Waals surface area contributed by atoms with E-state index in [-0.39, 0.29) is 5.55 Å². The first-order valence-electron chi connectivity index (χ1n) is 7.19. The molecule has 1 aromatic heterocycles. The number of rotatable bonds is 3. The van der Waals surface area contributed by atoms with Crippen molar-refractivity contribution in [1.82, 2.24) is 5.27 Å². The van der Waals surface area contributed by atoms with Gasteiger partial charge < -0.3 is 9.84 Å². The normalized spacial score (nSPS) is 11.4. The van der Waals surface area contributed by atoms with Gasteiger partial charge in [-0.2, -0.15) is 4.99 Å². The summed E-state index contributed by atoms with van der Waals surface area (Å²) in [7, 11) is 0. The van der Waals surface area contributed by atoms with Gasteiger partial charge in [0.15, 0.2) is 17.4 Å². The summed E-state index contributed by atoms with van der Waals surface area (Å²) >= 11 is 0. The molecule has 1 heterocycles. The Morgan fingerprint density at radius 1 is 1.22 bits per heavy atom. The second kappa shape index (κ2) is 6.74. The van der Waals surface area contributed by atoms with Gasteiger partial charge in [-0.3, -0.25) is 0 Å². The molecule has 3 aromatic rings. The van der Waals surface area contributed by atoms with Gasteiger partial charge in [0, 0.05) is 11.3 Å². The zero-order valence-electron chi connectivity index (χ0n) is 12.6. The standard InChI is InChI=1S/C17H16N4O2/c1-13-7-9-14(10-8-13)11-21-12-16(23-20-21)19-17(22)18-15-5-3-2-4-6-15/h2-10,12H,11H2,1H3,(H,18,22)/b19-16+. The van der Waals surface area contributed by atoms with Crippen molar-refractivity contribution in [3.05, 3.63) is 77.5 Å². The predicted molar refractivity (Wildman–Crippen MR) is 83.6 cm³/mol. The van der Waals surface area contributed by atoms with Crippen LogP contribution in [0.4, 0.5) is 10.5 Å². The molecule has 0 aliphatic carbocycles. The number of aromatic nitrogens is 2. The minimum absolute atomic E-state index is 0.158. The molecule has 0 aliphatic rings. The predicted octanol–water partition coefficient (Wildman–Crippen LogP) is 2.17. The van der Waals surface area contributed by atoms with E-state index in [0.717, 1.165) is 5.56 Å². The number of nitrogens with zero attached hydrogens (tertiary/aromatic N) is 3. The van der Waals surface area contributed by atoms with E-state index < -0.39 is 6.03 Å². The van der Waals surface area contributed by atoms with Crippen molar-refractivity contribution in [3.8, 4) is 0 Å². The summed E-state index contributed by atoms with van der Waals surface area (Å²) in [5, 5.41) is 6.51. The second-order valence-corrected chi connectivity index (χ2v) is 5.13. The van der Waals surface area contributed by atoms with Crippen LogP contribution in [0.25, 0.3) is 0 Å². The Hall–Kier alpha value is -3.15. The van der Waals surface area contributed by atoms with Gasteiger partial charge >= 0.3 is 6.03 Å².